The monoisotopic (exact) mass is 267 g/mol. The van der Waals surface area contributed by atoms with Gasteiger partial charge in [0.2, 0.25) is 0 Å². The summed E-state index contributed by atoms with van der Waals surface area (Å²) in [7, 11) is 3.66. The van der Waals surface area contributed by atoms with E-state index in [1.165, 1.54) is 0 Å². The SMILES string of the molecule is CNC(c1c(OC)cnn1C(C)C)C1CCC(C)O1. The summed E-state index contributed by atoms with van der Waals surface area (Å²) in [5.74, 6) is 0.830. The first-order valence-electron chi connectivity index (χ1n) is 7.02. The van der Waals surface area contributed by atoms with Crippen LogP contribution in [0.1, 0.15) is 51.4 Å². The minimum atomic E-state index is 0.116. The van der Waals surface area contributed by atoms with E-state index in [9.17, 15) is 0 Å². The summed E-state index contributed by atoms with van der Waals surface area (Å²) in [4.78, 5) is 0. The number of aromatic nitrogens is 2. The Labute approximate surface area is 115 Å². The number of hydrogen-bond donors (Lipinski definition) is 1. The molecule has 1 saturated heterocycles. The van der Waals surface area contributed by atoms with E-state index < -0.39 is 0 Å². The quantitative estimate of drug-likeness (QED) is 0.889. The maximum Gasteiger partial charge on any atom is 0.161 e. The largest absolute Gasteiger partial charge is 0.493 e. The molecule has 19 heavy (non-hydrogen) atoms. The molecule has 1 N–H and O–H groups in total. The van der Waals surface area contributed by atoms with Gasteiger partial charge in [-0.3, -0.25) is 4.68 Å². The number of rotatable bonds is 5. The number of methoxy groups -OCH3 is 1. The Morgan fingerprint density at radius 2 is 2.21 bits per heavy atom. The Bertz CT molecular complexity index is 417. The lowest BCUT2D eigenvalue weighted by Gasteiger charge is -2.26. The van der Waals surface area contributed by atoms with Crippen molar-refractivity contribution >= 4 is 0 Å². The van der Waals surface area contributed by atoms with E-state index in [-0.39, 0.29) is 12.1 Å². The number of nitrogens with one attached hydrogen (secondary N) is 1. The predicted molar refractivity (Wildman–Crippen MR) is 74.5 cm³/mol. The van der Waals surface area contributed by atoms with Gasteiger partial charge >= 0.3 is 0 Å². The Balaban J connectivity index is 2.33. The zero-order valence-corrected chi connectivity index (χ0v) is 12.5. The molecular formula is C14H25N3O2. The first-order chi connectivity index (χ1) is 9.08. The van der Waals surface area contributed by atoms with Crippen LogP contribution in [0.5, 0.6) is 5.75 Å². The van der Waals surface area contributed by atoms with Crippen LogP contribution < -0.4 is 10.1 Å². The highest BCUT2D eigenvalue weighted by Gasteiger charge is 2.34. The van der Waals surface area contributed by atoms with E-state index in [1.54, 1.807) is 13.3 Å². The average molecular weight is 267 g/mol. The first-order valence-corrected chi connectivity index (χ1v) is 7.02. The topological polar surface area (TPSA) is 48.3 Å². The smallest absolute Gasteiger partial charge is 0.161 e. The summed E-state index contributed by atoms with van der Waals surface area (Å²) in [5, 5.41) is 7.81. The molecule has 0 radical (unpaired) electrons. The molecule has 0 amide bonds. The van der Waals surface area contributed by atoms with Crippen LogP contribution in [0.2, 0.25) is 0 Å². The van der Waals surface area contributed by atoms with Gasteiger partial charge < -0.3 is 14.8 Å². The second-order valence-corrected chi connectivity index (χ2v) is 5.47. The van der Waals surface area contributed by atoms with Crippen molar-refractivity contribution in [3.63, 3.8) is 0 Å². The molecule has 0 bridgehead atoms. The van der Waals surface area contributed by atoms with Crippen LogP contribution >= 0.6 is 0 Å². The molecule has 1 aromatic heterocycles. The highest BCUT2D eigenvalue weighted by molar-refractivity contribution is 5.30. The Morgan fingerprint density at radius 1 is 1.47 bits per heavy atom. The summed E-state index contributed by atoms with van der Waals surface area (Å²) in [6, 6.07) is 0.415. The van der Waals surface area contributed by atoms with Crippen molar-refractivity contribution in [1.29, 1.82) is 0 Å². The molecule has 0 spiro atoms. The second-order valence-electron chi connectivity index (χ2n) is 5.47. The first kappa shape index (κ1) is 14.3. The van der Waals surface area contributed by atoms with E-state index >= 15 is 0 Å². The molecule has 1 aliphatic heterocycles. The lowest BCUT2D eigenvalue weighted by atomic mass is 10.0. The van der Waals surface area contributed by atoms with Crippen LogP contribution in [0.15, 0.2) is 6.20 Å². The van der Waals surface area contributed by atoms with Crippen molar-refractivity contribution in [3.05, 3.63) is 11.9 Å². The number of likely N-dealkylation sites (N-methyl/N-ethyl adjacent to an activating group) is 1. The van der Waals surface area contributed by atoms with E-state index in [0.717, 1.165) is 24.3 Å². The van der Waals surface area contributed by atoms with Gasteiger partial charge in [0.05, 0.1) is 31.6 Å². The van der Waals surface area contributed by atoms with Crippen LogP contribution in [-0.2, 0) is 4.74 Å². The summed E-state index contributed by atoms with van der Waals surface area (Å²) in [6.45, 7) is 6.38. The maximum atomic E-state index is 6.01. The van der Waals surface area contributed by atoms with Crippen molar-refractivity contribution in [2.24, 2.45) is 0 Å². The number of hydrogen-bond acceptors (Lipinski definition) is 4. The lowest BCUT2D eigenvalue weighted by Crippen LogP contribution is -2.32. The van der Waals surface area contributed by atoms with Crippen molar-refractivity contribution in [2.75, 3.05) is 14.2 Å². The second kappa shape index (κ2) is 5.92. The fourth-order valence-electron chi connectivity index (χ4n) is 2.80. The van der Waals surface area contributed by atoms with Crippen molar-refractivity contribution in [1.82, 2.24) is 15.1 Å². The van der Waals surface area contributed by atoms with Gasteiger partial charge in [-0.05, 0) is 40.7 Å². The molecule has 5 nitrogen and oxygen atoms in total. The van der Waals surface area contributed by atoms with Crippen molar-refractivity contribution in [3.8, 4) is 5.75 Å². The minimum Gasteiger partial charge on any atom is -0.493 e. The fourth-order valence-corrected chi connectivity index (χ4v) is 2.80. The Kier molecular flexibility index (Phi) is 4.47. The van der Waals surface area contributed by atoms with Crippen LogP contribution in [-0.4, -0.2) is 36.1 Å². The molecule has 1 aromatic rings. The normalized spacial score (nSPS) is 24.9. The average Bonchev–Trinajstić information content (AvgIpc) is 2.97. The van der Waals surface area contributed by atoms with E-state index in [4.69, 9.17) is 9.47 Å². The number of ether oxygens (including phenoxy) is 2. The molecular weight excluding hydrogens is 242 g/mol. The molecule has 5 heteroatoms. The molecule has 2 heterocycles. The lowest BCUT2D eigenvalue weighted by molar-refractivity contribution is 0.0306. The van der Waals surface area contributed by atoms with E-state index in [2.05, 4.69) is 31.2 Å². The van der Waals surface area contributed by atoms with Crippen molar-refractivity contribution in [2.45, 2.75) is 57.9 Å². The van der Waals surface area contributed by atoms with Gasteiger partial charge in [0.1, 0.15) is 5.69 Å². The summed E-state index contributed by atoms with van der Waals surface area (Å²) < 4.78 is 13.5. The molecule has 108 valence electrons. The highest BCUT2D eigenvalue weighted by atomic mass is 16.5. The summed E-state index contributed by atoms with van der Waals surface area (Å²) in [5.41, 5.74) is 1.08. The molecule has 2 rings (SSSR count). The zero-order valence-electron chi connectivity index (χ0n) is 12.5. The third kappa shape index (κ3) is 2.77. The minimum absolute atomic E-state index is 0.116. The molecule has 0 aromatic carbocycles. The number of nitrogens with zero attached hydrogens (tertiary/aromatic N) is 2. The highest BCUT2D eigenvalue weighted by Crippen LogP contribution is 2.35. The van der Waals surface area contributed by atoms with E-state index in [1.807, 2.05) is 11.7 Å². The molecule has 0 saturated carbocycles. The third-order valence-electron chi connectivity index (χ3n) is 3.75. The van der Waals surface area contributed by atoms with Gasteiger partial charge in [0, 0.05) is 6.04 Å². The van der Waals surface area contributed by atoms with E-state index in [0.29, 0.717) is 12.1 Å². The maximum absolute atomic E-state index is 6.01. The van der Waals surface area contributed by atoms with Gasteiger partial charge in [-0.1, -0.05) is 0 Å². The van der Waals surface area contributed by atoms with Gasteiger partial charge in [-0.2, -0.15) is 5.10 Å². The Morgan fingerprint density at radius 3 is 2.68 bits per heavy atom. The van der Waals surface area contributed by atoms with Gasteiger partial charge in [-0.25, -0.2) is 0 Å². The fraction of sp³-hybridized carbons (Fsp3) is 0.786. The van der Waals surface area contributed by atoms with Crippen LogP contribution in [0.25, 0.3) is 0 Å². The van der Waals surface area contributed by atoms with Crippen molar-refractivity contribution < 1.29 is 9.47 Å². The van der Waals surface area contributed by atoms with Gasteiger partial charge in [0.15, 0.2) is 5.75 Å². The molecule has 3 atom stereocenters. The molecule has 0 aliphatic carbocycles. The molecule has 1 aliphatic rings. The van der Waals surface area contributed by atoms with Crippen LogP contribution in [0, 0.1) is 0 Å². The predicted octanol–water partition coefficient (Wildman–Crippen LogP) is 2.30. The summed E-state index contributed by atoms with van der Waals surface area (Å²) in [6.07, 6.45) is 4.49. The van der Waals surface area contributed by atoms with Crippen LogP contribution in [0.3, 0.4) is 0 Å². The zero-order chi connectivity index (χ0) is 14.0. The standard InChI is InChI=1S/C14H25N3O2/c1-9(2)17-14(12(18-5)8-16-17)13(15-4)11-7-6-10(3)19-11/h8-11,13,15H,6-7H2,1-5H3. The summed E-state index contributed by atoms with van der Waals surface area (Å²) >= 11 is 0. The Hall–Kier alpha value is -1.07. The third-order valence-corrected chi connectivity index (χ3v) is 3.75. The van der Waals surface area contributed by atoms with Crippen LogP contribution in [0.4, 0.5) is 0 Å². The molecule has 1 fully saturated rings. The van der Waals surface area contributed by atoms with Gasteiger partial charge in [-0.15, -0.1) is 0 Å². The molecule has 3 unspecified atom stereocenters. The van der Waals surface area contributed by atoms with Gasteiger partial charge in [0.25, 0.3) is 0 Å².